The Hall–Kier alpha value is -1.57. The van der Waals surface area contributed by atoms with E-state index in [1.54, 1.807) is 0 Å². The standard InChI is InChI=1S/C13H11BrF3NO3/c14-7-3-4-8(9(6-7)13(15,16)17)11(19)18-5-1-2-10(18)12(20)21/h3-4,6,10H,1-2,5H2,(H,20,21)/t10-/m0/s1. The van der Waals surface area contributed by atoms with Gasteiger partial charge in [0.2, 0.25) is 0 Å². The Labute approximate surface area is 126 Å². The molecule has 114 valence electrons. The molecule has 0 unspecified atom stereocenters. The quantitative estimate of drug-likeness (QED) is 0.875. The Morgan fingerprint density at radius 2 is 2.00 bits per heavy atom. The van der Waals surface area contributed by atoms with Crippen molar-refractivity contribution in [3.05, 3.63) is 33.8 Å². The number of halogens is 4. The Morgan fingerprint density at radius 3 is 2.57 bits per heavy atom. The fourth-order valence-electron chi connectivity index (χ4n) is 2.36. The van der Waals surface area contributed by atoms with Crippen molar-refractivity contribution in [2.45, 2.75) is 25.1 Å². The van der Waals surface area contributed by atoms with Crippen LogP contribution in [0.5, 0.6) is 0 Å². The molecule has 21 heavy (non-hydrogen) atoms. The van der Waals surface area contributed by atoms with Gasteiger partial charge < -0.3 is 10.0 Å². The van der Waals surface area contributed by atoms with E-state index in [-0.39, 0.29) is 17.4 Å². The number of benzene rings is 1. The number of hydrogen-bond donors (Lipinski definition) is 1. The molecular formula is C13H11BrF3NO3. The van der Waals surface area contributed by atoms with E-state index >= 15 is 0 Å². The highest BCUT2D eigenvalue weighted by atomic mass is 79.9. The summed E-state index contributed by atoms with van der Waals surface area (Å²) in [6.45, 7) is 0.142. The number of carboxylic acids is 1. The summed E-state index contributed by atoms with van der Waals surface area (Å²) in [6, 6.07) is 2.14. The minimum absolute atomic E-state index is 0.142. The van der Waals surface area contributed by atoms with E-state index in [1.807, 2.05) is 0 Å². The number of aliphatic carboxylic acids is 1. The Bertz CT molecular complexity index is 589. The minimum Gasteiger partial charge on any atom is -0.480 e. The van der Waals surface area contributed by atoms with Crippen LogP contribution in [0.2, 0.25) is 0 Å². The van der Waals surface area contributed by atoms with Crippen LogP contribution in [0.1, 0.15) is 28.8 Å². The first kappa shape index (κ1) is 15.8. The molecule has 1 aliphatic heterocycles. The predicted octanol–water partition coefficient (Wildman–Crippen LogP) is 3.16. The molecule has 1 N–H and O–H groups in total. The van der Waals surface area contributed by atoms with Gasteiger partial charge in [0.1, 0.15) is 6.04 Å². The van der Waals surface area contributed by atoms with Crippen LogP contribution in [-0.4, -0.2) is 34.5 Å². The van der Waals surface area contributed by atoms with Gasteiger partial charge in [-0.2, -0.15) is 13.2 Å². The maximum atomic E-state index is 13.0. The summed E-state index contributed by atoms with van der Waals surface area (Å²) in [4.78, 5) is 24.3. The number of amides is 1. The summed E-state index contributed by atoms with van der Waals surface area (Å²) in [5, 5.41) is 9.03. The maximum Gasteiger partial charge on any atom is 0.417 e. The molecule has 0 radical (unpaired) electrons. The van der Waals surface area contributed by atoms with Gasteiger partial charge >= 0.3 is 12.1 Å². The van der Waals surface area contributed by atoms with Crippen molar-refractivity contribution < 1.29 is 27.9 Å². The predicted molar refractivity (Wildman–Crippen MR) is 70.8 cm³/mol. The SMILES string of the molecule is O=C(O)[C@@H]1CCCN1C(=O)c1ccc(Br)cc1C(F)(F)F. The molecule has 1 aromatic carbocycles. The fraction of sp³-hybridized carbons (Fsp3) is 0.385. The molecule has 0 saturated carbocycles. The van der Waals surface area contributed by atoms with Gasteiger partial charge in [0.15, 0.2) is 0 Å². The lowest BCUT2D eigenvalue weighted by molar-refractivity contribution is -0.141. The van der Waals surface area contributed by atoms with Crippen LogP contribution in [0, 0.1) is 0 Å². The Kier molecular flexibility index (Phi) is 4.27. The van der Waals surface area contributed by atoms with E-state index in [9.17, 15) is 22.8 Å². The molecule has 8 heteroatoms. The molecule has 0 spiro atoms. The van der Waals surface area contributed by atoms with Crippen LogP contribution in [0.3, 0.4) is 0 Å². The number of carbonyl (C=O) groups excluding carboxylic acids is 1. The average Bonchev–Trinajstić information content (AvgIpc) is 2.86. The number of likely N-dealkylation sites (tertiary alicyclic amines) is 1. The summed E-state index contributed by atoms with van der Waals surface area (Å²) >= 11 is 2.94. The van der Waals surface area contributed by atoms with Crippen LogP contribution >= 0.6 is 15.9 Å². The second-order valence-corrected chi connectivity index (χ2v) is 5.60. The Balaban J connectivity index is 2.42. The normalized spacial score (nSPS) is 18.9. The van der Waals surface area contributed by atoms with Gasteiger partial charge in [0, 0.05) is 11.0 Å². The summed E-state index contributed by atoms with van der Waals surface area (Å²) in [5.74, 6) is -2.11. The van der Waals surface area contributed by atoms with Crippen LogP contribution in [0.25, 0.3) is 0 Å². The zero-order chi connectivity index (χ0) is 15.8. The first-order valence-electron chi connectivity index (χ1n) is 6.12. The number of alkyl halides is 3. The lowest BCUT2D eigenvalue weighted by Crippen LogP contribution is -2.41. The third kappa shape index (κ3) is 3.20. The van der Waals surface area contributed by atoms with Crippen molar-refractivity contribution in [1.29, 1.82) is 0 Å². The van der Waals surface area contributed by atoms with E-state index < -0.39 is 35.2 Å². The third-order valence-corrected chi connectivity index (χ3v) is 3.81. The van der Waals surface area contributed by atoms with Crippen LogP contribution in [-0.2, 0) is 11.0 Å². The number of rotatable bonds is 2. The molecule has 1 amide bonds. The van der Waals surface area contributed by atoms with E-state index in [1.165, 1.54) is 6.07 Å². The lowest BCUT2D eigenvalue weighted by atomic mass is 10.1. The Morgan fingerprint density at radius 1 is 1.33 bits per heavy atom. The monoisotopic (exact) mass is 365 g/mol. The van der Waals surface area contributed by atoms with Crippen molar-refractivity contribution in [1.82, 2.24) is 4.90 Å². The second kappa shape index (κ2) is 5.67. The number of hydrogen-bond acceptors (Lipinski definition) is 2. The number of carbonyl (C=O) groups is 2. The van der Waals surface area contributed by atoms with E-state index in [0.717, 1.165) is 17.0 Å². The topological polar surface area (TPSA) is 57.6 Å². The van der Waals surface area contributed by atoms with Gasteiger partial charge in [0.25, 0.3) is 5.91 Å². The second-order valence-electron chi connectivity index (χ2n) is 4.68. The van der Waals surface area contributed by atoms with Gasteiger partial charge in [-0.25, -0.2) is 4.79 Å². The first-order chi connectivity index (χ1) is 9.71. The van der Waals surface area contributed by atoms with Crippen molar-refractivity contribution in [3.8, 4) is 0 Å². The maximum absolute atomic E-state index is 13.0. The highest BCUT2D eigenvalue weighted by Crippen LogP contribution is 2.35. The smallest absolute Gasteiger partial charge is 0.417 e. The van der Waals surface area contributed by atoms with Gasteiger partial charge in [-0.15, -0.1) is 0 Å². The molecule has 1 saturated heterocycles. The van der Waals surface area contributed by atoms with Crippen LogP contribution in [0.4, 0.5) is 13.2 Å². The molecule has 0 aromatic heterocycles. The van der Waals surface area contributed by atoms with Gasteiger partial charge in [-0.1, -0.05) is 15.9 Å². The van der Waals surface area contributed by atoms with Crippen molar-refractivity contribution in [2.75, 3.05) is 6.54 Å². The lowest BCUT2D eigenvalue weighted by Gasteiger charge is -2.23. The molecule has 0 bridgehead atoms. The van der Waals surface area contributed by atoms with E-state index in [4.69, 9.17) is 5.11 Å². The van der Waals surface area contributed by atoms with Gasteiger partial charge in [-0.3, -0.25) is 4.79 Å². The molecule has 1 atom stereocenters. The molecule has 1 aromatic rings. The molecule has 2 rings (SSSR count). The van der Waals surface area contributed by atoms with Crippen molar-refractivity contribution >= 4 is 27.8 Å². The zero-order valence-electron chi connectivity index (χ0n) is 10.7. The van der Waals surface area contributed by atoms with E-state index in [2.05, 4.69) is 15.9 Å². The molecule has 1 heterocycles. The summed E-state index contributed by atoms with van der Waals surface area (Å²) in [6.07, 6.45) is -3.98. The van der Waals surface area contributed by atoms with Crippen LogP contribution < -0.4 is 0 Å². The van der Waals surface area contributed by atoms with Gasteiger partial charge in [0.05, 0.1) is 11.1 Å². The van der Waals surface area contributed by atoms with Crippen LogP contribution in [0.15, 0.2) is 22.7 Å². The number of nitrogens with zero attached hydrogens (tertiary/aromatic N) is 1. The molecule has 4 nitrogen and oxygen atoms in total. The largest absolute Gasteiger partial charge is 0.480 e. The average molecular weight is 366 g/mol. The molecule has 1 fully saturated rings. The summed E-state index contributed by atoms with van der Waals surface area (Å²) < 4.78 is 39.3. The van der Waals surface area contributed by atoms with Gasteiger partial charge in [-0.05, 0) is 31.0 Å². The minimum atomic E-state index is -4.69. The highest BCUT2D eigenvalue weighted by molar-refractivity contribution is 9.10. The summed E-state index contributed by atoms with van der Waals surface area (Å²) in [7, 11) is 0. The number of carboxylic acid groups (broad SMARTS) is 1. The molecule has 1 aliphatic rings. The van der Waals surface area contributed by atoms with Crippen molar-refractivity contribution in [3.63, 3.8) is 0 Å². The highest BCUT2D eigenvalue weighted by Gasteiger charge is 2.40. The van der Waals surface area contributed by atoms with E-state index in [0.29, 0.717) is 6.42 Å². The zero-order valence-corrected chi connectivity index (χ0v) is 12.2. The molecular weight excluding hydrogens is 355 g/mol. The third-order valence-electron chi connectivity index (χ3n) is 3.32. The first-order valence-corrected chi connectivity index (χ1v) is 6.91. The van der Waals surface area contributed by atoms with Crippen molar-refractivity contribution in [2.24, 2.45) is 0 Å². The molecule has 0 aliphatic carbocycles. The fourth-order valence-corrected chi connectivity index (χ4v) is 2.72. The summed E-state index contributed by atoms with van der Waals surface area (Å²) in [5.41, 5.74) is -1.60.